The Morgan fingerprint density at radius 1 is 1.03 bits per heavy atom. The summed E-state index contributed by atoms with van der Waals surface area (Å²) in [5, 5.41) is 11.2. The van der Waals surface area contributed by atoms with Crippen LogP contribution in [0.4, 0.5) is 0 Å². The van der Waals surface area contributed by atoms with Crippen LogP contribution in [0.15, 0.2) is 41.3 Å². The zero-order valence-electron chi connectivity index (χ0n) is 18.8. The molecule has 34 heavy (non-hydrogen) atoms. The quantitative estimate of drug-likeness (QED) is 0.521. The summed E-state index contributed by atoms with van der Waals surface area (Å²) < 4.78 is 39.7. The number of ether oxygens (including phenoxy) is 2. The van der Waals surface area contributed by atoms with E-state index in [0.717, 1.165) is 30.3 Å². The van der Waals surface area contributed by atoms with Crippen molar-refractivity contribution in [3.8, 4) is 11.5 Å². The van der Waals surface area contributed by atoms with Crippen molar-refractivity contribution < 1.29 is 22.7 Å². The fourth-order valence-electron chi connectivity index (χ4n) is 4.26. The van der Waals surface area contributed by atoms with Gasteiger partial charge in [0, 0.05) is 32.6 Å². The number of piperidine rings is 1. The molecule has 0 aliphatic carbocycles. The molecule has 5 rings (SSSR count). The minimum absolute atomic E-state index is 0.0583. The van der Waals surface area contributed by atoms with E-state index in [2.05, 4.69) is 15.6 Å². The molecule has 2 aliphatic rings. The molecule has 0 unspecified atom stereocenters. The number of rotatable bonds is 8. The molecule has 1 fully saturated rings. The van der Waals surface area contributed by atoms with Crippen LogP contribution < -0.4 is 14.8 Å². The number of benzene rings is 2. The first-order valence-electron chi connectivity index (χ1n) is 11.5. The van der Waals surface area contributed by atoms with Crippen molar-refractivity contribution in [1.29, 1.82) is 0 Å². The maximum atomic E-state index is 12.9. The highest BCUT2D eigenvalue weighted by atomic mass is 32.2. The predicted octanol–water partition coefficient (Wildman–Crippen LogP) is 2.43. The number of amides is 1. The number of sulfonamides is 1. The number of nitrogens with one attached hydrogen (secondary N) is 1. The summed E-state index contributed by atoms with van der Waals surface area (Å²) in [6.45, 7) is 2.26. The van der Waals surface area contributed by atoms with Crippen molar-refractivity contribution in [2.24, 2.45) is 0 Å². The van der Waals surface area contributed by atoms with Crippen molar-refractivity contribution in [3.63, 3.8) is 0 Å². The molecule has 0 atom stereocenters. The third-order valence-electron chi connectivity index (χ3n) is 6.14. The molecule has 2 aromatic carbocycles. The van der Waals surface area contributed by atoms with E-state index in [9.17, 15) is 13.2 Å². The van der Waals surface area contributed by atoms with Crippen LogP contribution in [0.2, 0.25) is 0 Å². The highest BCUT2D eigenvalue weighted by molar-refractivity contribution is 7.89. The van der Waals surface area contributed by atoms with Gasteiger partial charge in [-0.1, -0.05) is 17.7 Å². The van der Waals surface area contributed by atoms with E-state index in [0.29, 0.717) is 56.0 Å². The van der Waals surface area contributed by atoms with Crippen molar-refractivity contribution in [1.82, 2.24) is 24.6 Å². The molecule has 3 heterocycles. The molecule has 0 bridgehead atoms. The summed E-state index contributed by atoms with van der Waals surface area (Å²) in [5.74, 6) is 1.35. The fraction of sp³-hybridized carbons (Fsp3) is 0.435. The lowest BCUT2D eigenvalue weighted by Gasteiger charge is -2.25. The highest BCUT2D eigenvalue weighted by Crippen LogP contribution is 2.32. The molecule has 180 valence electrons. The van der Waals surface area contributed by atoms with Crippen molar-refractivity contribution in [2.45, 2.75) is 50.1 Å². The minimum atomic E-state index is -3.52. The average Bonchev–Trinajstić information content (AvgIpc) is 3.49. The van der Waals surface area contributed by atoms with E-state index in [-0.39, 0.29) is 17.6 Å². The number of aryl methyl sites for hydroxylation is 1. The third-order valence-corrected chi connectivity index (χ3v) is 8.03. The van der Waals surface area contributed by atoms with Gasteiger partial charge in [0.2, 0.25) is 22.7 Å². The monoisotopic (exact) mass is 485 g/mol. The molecular weight excluding hydrogens is 458 g/mol. The highest BCUT2D eigenvalue weighted by Gasteiger charge is 2.26. The number of aromatic nitrogens is 3. The average molecular weight is 486 g/mol. The number of hydrogen-bond acceptors (Lipinski definition) is 7. The zero-order valence-corrected chi connectivity index (χ0v) is 19.6. The van der Waals surface area contributed by atoms with E-state index in [1.54, 1.807) is 27.2 Å². The van der Waals surface area contributed by atoms with E-state index in [4.69, 9.17) is 9.47 Å². The van der Waals surface area contributed by atoms with Crippen molar-refractivity contribution in [3.05, 3.63) is 42.0 Å². The number of nitrogens with zero attached hydrogens (tertiary/aromatic N) is 4. The summed E-state index contributed by atoms with van der Waals surface area (Å²) >= 11 is 0. The van der Waals surface area contributed by atoms with Gasteiger partial charge in [0.1, 0.15) is 5.52 Å². The second kappa shape index (κ2) is 9.59. The molecule has 0 spiro atoms. The minimum Gasteiger partial charge on any atom is -0.454 e. The van der Waals surface area contributed by atoms with Gasteiger partial charge in [0.25, 0.3) is 0 Å². The molecule has 1 aromatic heterocycles. The molecular formula is C23H27N5O5S. The van der Waals surface area contributed by atoms with Crippen LogP contribution in [-0.2, 0) is 27.9 Å². The number of carbonyl (C=O) groups is 1. The Bertz CT molecular complexity index is 1300. The molecule has 1 amide bonds. The molecule has 3 aromatic rings. The second-order valence-corrected chi connectivity index (χ2v) is 10.4. The summed E-state index contributed by atoms with van der Waals surface area (Å²) in [7, 11) is -3.52. The molecule has 11 heteroatoms. The Balaban J connectivity index is 1.15. The summed E-state index contributed by atoms with van der Waals surface area (Å²) in [5.41, 5.74) is 2.22. The Hall–Kier alpha value is -3.18. The lowest BCUT2D eigenvalue weighted by molar-refractivity contribution is -0.121. The van der Waals surface area contributed by atoms with Crippen LogP contribution in [0.25, 0.3) is 11.0 Å². The van der Waals surface area contributed by atoms with Gasteiger partial charge in [-0.25, -0.2) is 13.1 Å². The summed E-state index contributed by atoms with van der Waals surface area (Å²) in [4.78, 5) is 12.5. The normalized spacial score (nSPS) is 16.1. The van der Waals surface area contributed by atoms with Crippen LogP contribution in [-0.4, -0.2) is 53.5 Å². The van der Waals surface area contributed by atoms with Gasteiger partial charge in [0.15, 0.2) is 11.5 Å². The lowest BCUT2D eigenvalue weighted by Crippen LogP contribution is -2.35. The van der Waals surface area contributed by atoms with Crippen molar-refractivity contribution >= 4 is 27.0 Å². The van der Waals surface area contributed by atoms with Crippen LogP contribution in [0.1, 0.15) is 37.7 Å². The Kier molecular flexibility index (Phi) is 6.38. The number of hydrogen-bond donors (Lipinski definition) is 1. The smallest absolute Gasteiger partial charge is 0.243 e. The van der Waals surface area contributed by atoms with E-state index in [1.807, 2.05) is 18.2 Å². The van der Waals surface area contributed by atoms with Crippen molar-refractivity contribution in [2.75, 3.05) is 19.9 Å². The van der Waals surface area contributed by atoms with E-state index in [1.165, 1.54) is 0 Å². The second-order valence-electron chi connectivity index (χ2n) is 8.50. The van der Waals surface area contributed by atoms with Gasteiger partial charge in [-0.2, -0.15) is 4.31 Å². The van der Waals surface area contributed by atoms with Gasteiger partial charge in [-0.05, 0) is 55.2 Å². The van der Waals surface area contributed by atoms with Gasteiger partial charge in [-0.3, -0.25) is 4.79 Å². The molecule has 1 N–H and O–H groups in total. The van der Waals surface area contributed by atoms with Crippen LogP contribution in [0.3, 0.4) is 0 Å². The number of fused-ring (bicyclic) bond motifs is 2. The molecule has 0 radical (unpaired) electrons. The topological polar surface area (TPSA) is 116 Å². The predicted molar refractivity (Wildman–Crippen MR) is 124 cm³/mol. The van der Waals surface area contributed by atoms with Crippen LogP contribution in [0, 0.1) is 0 Å². The van der Waals surface area contributed by atoms with Gasteiger partial charge >= 0.3 is 0 Å². The lowest BCUT2D eigenvalue weighted by atomic mass is 10.2. The molecule has 0 saturated carbocycles. The fourth-order valence-corrected chi connectivity index (χ4v) is 5.80. The third kappa shape index (κ3) is 4.71. The first kappa shape index (κ1) is 22.6. The maximum absolute atomic E-state index is 12.9. The summed E-state index contributed by atoms with van der Waals surface area (Å²) in [6, 6.07) is 10.5. The van der Waals surface area contributed by atoms with Gasteiger partial charge in [0.05, 0.1) is 10.4 Å². The van der Waals surface area contributed by atoms with Crippen LogP contribution in [0.5, 0.6) is 11.5 Å². The Morgan fingerprint density at radius 2 is 1.85 bits per heavy atom. The van der Waals surface area contributed by atoms with Gasteiger partial charge in [-0.15, -0.1) is 5.10 Å². The van der Waals surface area contributed by atoms with Crippen LogP contribution >= 0.6 is 0 Å². The first-order chi connectivity index (χ1) is 16.5. The maximum Gasteiger partial charge on any atom is 0.243 e. The molecule has 10 nitrogen and oxygen atoms in total. The van der Waals surface area contributed by atoms with E-state index >= 15 is 0 Å². The summed E-state index contributed by atoms with van der Waals surface area (Å²) in [6.07, 6.45) is 3.77. The van der Waals surface area contributed by atoms with E-state index < -0.39 is 10.0 Å². The molecule has 2 aliphatic heterocycles. The molecule has 1 saturated heterocycles. The SMILES string of the molecule is O=C(CCCn1nnc2cc(S(=O)(=O)N3CCCCC3)ccc21)NCc1ccc2c(c1)OCO2. The zero-order chi connectivity index (χ0) is 23.5. The first-order valence-corrected chi connectivity index (χ1v) is 12.9. The largest absolute Gasteiger partial charge is 0.454 e. The number of carbonyl (C=O) groups excluding carboxylic acids is 1. The Morgan fingerprint density at radius 3 is 2.71 bits per heavy atom. The Labute approximate surface area is 197 Å². The van der Waals surface area contributed by atoms with Gasteiger partial charge < -0.3 is 14.8 Å². The standard InChI is InChI=1S/C23H27N5O5S/c29-23(24-15-17-6-9-21-22(13-17)33-16-32-21)5-4-12-28-20-8-7-18(14-19(20)25-26-28)34(30,31)27-10-2-1-3-11-27/h6-9,13-14H,1-5,10-12,15-16H2,(H,24,29).